The highest BCUT2D eigenvalue weighted by atomic mass is 16.2. The summed E-state index contributed by atoms with van der Waals surface area (Å²) in [6, 6.07) is 8.17. The van der Waals surface area contributed by atoms with E-state index in [0.29, 0.717) is 6.54 Å². The van der Waals surface area contributed by atoms with E-state index in [1.807, 2.05) is 29.2 Å². The molecule has 0 radical (unpaired) electrons. The summed E-state index contributed by atoms with van der Waals surface area (Å²) in [7, 11) is 2.16. The fraction of sp³-hybridized carbons (Fsp3) is 0.579. The number of imidazole rings is 1. The molecule has 134 valence electrons. The topological polar surface area (TPSA) is 55.5 Å². The Kier molecular flexibility index (Phi) is 4.72. The Hall–Kier alpha value is -1.92. The summed E-state index contributed by atoms with van der Waals surface area (Å²) in [5.74, 6) is 1.18. The molecule has 2 saturated heterocycles. The normalized spacial score (nSPS) is 23.2. The van der Waals surface area contributed by atoms with Crippen molar-refractivity contribution in [2.45, 2.75) is 25.3 Å². The first-order valence-electron chi connectivity index (χ1n) is 9.36. The number of carbonyl (C=O) groups excluding carboxylic acids is 1. The smallest absolute Gasteiger partial charge is 0.237 e. The zero-order valence-corrected chi connectivity index (χ0v) is 14.9. The van der Waals surface area contributed by atoms with Crippen molar-refractivity contribution in [3.8, 4) is 0 Å². The zero-order valence-electron chi connectivity index (χ0n) is 14.9. The zero-order chi connectivity index (χ0) is 17.2. The molecular weight excluding hydrogens is 314 g/mol. The molecule has 1 atom stereocenters. The summed E-state index contributed by atoms with van der Waals surface area (Å²) in [6.45, 7) is 5.53. The van der Waals surface area contributed by atoms with Crippen LogP contribution in [0.5, 0.6) is 0 Å². The highest BCUT2D eigenvalue weighted by molar-refractivity contribution is 5.79. The van der Waals surface area contributed by atoms with E-state index >= 15 is 0 Å². The Labute approximate surface area is 148 Å². The number of fused-ring (bicyclic) bond motifs is 1. The third-order valence-electron chi connectivity index (χ3n) is 5.47. The van der Waals surface area contributed by atoms with Crippen molar-refractivity contribution >= 4 is 16.9 Å². The van der Waals surface area contributed by atoms with Crippen LogP contribution < -0.4 is 0 Å². The summed E-state index contributed by atoms with van der Waals surface area (Å²) in [4.78, 5) is 27.8. The number of nitrogens with one attached hydrogen (secondary N) is 1. The number of carbonyl (C=O) groups is 1. The van der Waals surface area contributed by atoms with E-state index in [2.05, 4.69) is 21.8 Å². The van der Waals surface area contributed by atoms with Crippen molar-refractivity contribution in [1.82, 2.24) is 24.7 Å². The highest BCUT2D eigenvalue weighted by Gasteiger charge is 2.32. The van der Waals surface area contributed by atoms with E-state index in [4.69, 9.17) is 4.98 Å². The lowest BCUT2D eigenvalue weighted by atomic mass is 10.2. The number of nitrogens with zero attached hydrogens (tertiary/aromatic N) is 4. The van der Waals surface area contributed by atoms with E-state index < -0.39 is 0 Å². The third kappa shape index (κ3) is 3.55. The molecule has 0 saturated carbocycles. The average Bonchev–Trinajstić information content (AvgIpc) is 3.21. The van der Waals surface area contributed by atoms with Crippen LogP contribution in [0.4, 0.5) is 0 Å². The van der Waals surface area contributed by atoms with Crippen LogP contribution >= 0.6 is 0 Å². The molecule has 0 aliphatic carbocycles. The number of rotatable bonds is 3. The van der Waals surface area contributed by atoms with E-state index in [9.17, 15) is 4.79 Å². The molecule has 1 N–H and O–H groups in total. The molecule has 2 fully saturated rings. The molecule has 1 amide bonds. The van der Waals surface area contributed by atoms with Gasteiger partial charge in [-0.1, -0.05) is 12.1 Å². The molecule has 6 heteroatoms. The summed E-state index contributed by atoms with van der Waals surface area (Å²) in [5.41, 5.74) is 2.03. The van der Waals surface area contributed by atoms with Crippen molar-refractivity contribution in [3.05, 3.63) is 30.1 Å². The summed E-state index contributed by atoms with van der Waals surface area (Å²) >= 11 is 0. The van der Waals surface area contributed by atoms with Gasteiger partial charge < -0.3 is 14.8 Å². The number of amides is 1. The molecule has 25 heavy (non-hydrogen) atoms. The van der Waals surface area contributed by atoms with Gasteiger partial charge in [0.1, 0.15) is 5.82 Å². The molecule has 0 bridgehead atoms. The number of aromatic nitrogens is 2. The van der Waals surface area contributed by atoms with Gasteiger partial charge in [0.25, 0.3) is 0 Å². The predicted molar refractivity (Wildman–Crippen MR) is 98.3 cm³/mol. The minimum atomic E-state index is 0.0922. The molecule has 0 unspecified atom stereocenters. The largest absolute Gasteiger partial charge is 0.340 e. The van der Waals surface area contributed by atoms with Gasteiger partial charge in [0, 0.05) is 19.6 Å². The second-order valence-corrected chi connectivity index (χ2v) is 7.32. The molecule has 2 aliphatic heterocycles. The van der Waals surface area contributed by atoms with E-state index in [0.717, 1.165) is 68.8 Å². The van der Waals surface area contributed by atoms with Gasteiger partial charge in [-0.3, -0.25) is 9.69 Å². The summed E-state index contributed by atoms with van der Waals surface area (Å²) in [5, 5.41) is 0. The fourth-order valence-electron chi connectivity index (χ4n) is 4.02. The maximum absolute atomic E-state index is 12.9. The highest BCUT2D eigenvalue weighted by Crippen LogP contribution is 2.31. The van der Waals surface area contributed by atoms with Crippen LogP contribution in [0.3, 0.4) is 0 Å². The maximum Gasteiger partial charge on any atom is 0.237 e. The number of aromatic amines is 1. The first kappa shape index (κ1) is 16.5. The van der Waals surface area contributed by atoms with Crippen molar-refractivity contribution in [1.29, 1.82) is 0 Å². The fourth-order valence-corrected chi connectivity index (χ4v) is 4.02. The quantitative estimate of drug-likeness (QED) is 0.926. The minimum absolute atomic E-state index is 0.0922. The predicted octanol–water partition coefficient (Wildman–Crippen LogP) is 1.86. The van der Waals surface area contributed by atoms with Gasteiger partial charge in [-0.25, -0.2) is 4.98 Å². The minimum Gasteiger partial charge on any atom is -0.340 e. The number of H-pyrrole nitrogens is 1. The lowest BCUT2D eigenvalue weighted by Gasteiger charge is -2.27. The van der Waals surface area contributed by atoms with Crippen molar-refractivity contribution in [3.63, 3.8) is 0 Å². The number of hydrogen-bond acceptors (Lipinski definition) is 4. The van der Waals surface area contributed by atoms with Crippen LogP contribution in [0.2, 0.25) is 0 Å². The standard InChI is InChI=1S/C19H27N5O/c1-22-9-5-10-23(13-12-22)14-18(25)24-11-4-8-17(24)19-20-15-6-2-3-7-16(15)21-19/h2-3,6-7,17H,4-5,8-14H2,1H3,(H,20,21)/t17-/m1/s1. The first-order valence-corrected chi connectivity index (χ1v) is 9.36. The average molecular weight is 341 g/mol. The van der Waals surface area contributed by atoms with Crippen LogP contribution in [0.15, 0.2) is 24.3 Å². The van der Waals surface area contributed by atoms with E-state index in [-0.39, 0.29) is 11.9 Å². The monoisotopic (exact) mass is 341 g/mol. The van der Waals surface area contributed by atoms with Gasteiger partial charge in [-0.05, 0) is 51.5 Å². The molecular formula is C19H27N5O. The van der Waals surface area contributed by atoms with E-state index in [1.165, 1.54) is 0 Å². The van der Waals surface area contributed by atoms with Gasteiger partial charge >= 0.3 is 0 Å². The second-order valence-electron chi connectivity index (χ2n) is 7.32. The Balaban J connectivity index is 1.46. The Morgan fingerprint density at radius 1 is 1.16 bits per heavy atom. The molecule has 0 spiro atoms. The number of benzene rings is 1. The Morgan fingerprint density at radius 3 is 2.92 bits per heavy atom. The van der Waals surface area contributed by atoms with Gasteiger partial charge in [-0.2, -0.15) is 0 Å². The Morgan fingerprint density at radius 2 is 2.04 bits per heavy atom. The van der Waals surface area contributed by atoms with Crippen LogP contribution in [-0.4, -0.2) is 76.9 Å². The van der Waals surface area contributed by atoms with Gasteiger partial charge in [0.05, 0.1) is 23.6 Å². The van der Waals surface area contributed by atoms with E-state index in [1.54, 1.807) is 0 Å². The second kappa shape index (κ2) is 7.14. The molecule has 6 nitrogen and oxygen atoms in total. The van der Waals surface area contributed by atoms with Crippen molar-refractivity contribution in [2.24, 2.45) is 0 Å². The number of likely N-dealkylation sites (tertiary alicyclic amines) is 1. The molecule has 2 aromatic rings. The molecule has 4 rings (SSSR count). The van der Waals surface area contributed by atoms with Crippen molar-refractivity contribution < 1.29 is 4.79 Å². The molecule has 1 aromatic carbocycles. The molecule has 1 aromatic heterocycles. The number of para-hydroxylation sites is 2. The Bertz CT molecular complexity index is 709. The van der Waals surface area contributed by atoms with Crippen molar-refractivity contribution in [2.75, 3.05) is 46.3 Å². The lowest BCUT2D eigenvalue weighted by Crippen LogP contribution is -2.41. The third-order valence-corrected chi connectivity index (χ3v) is 5.47. The number of likely N-dealkylation sites (N-methyl/N-ethyl adjacent to an activating group) is 1. The van der Waals surface area contributed by atoms with Gasteiger partial charge in [0.15, 0.2) is 0 Å². The van der Waals surface area contributed by atoms with Crippen LogP contribution in [0.25, 0.3) is 11.0 Å². The summed E-state index contributed by atoms with van der Waals surface area (Å²) < 4.78 is 0. The summed E-state index contributed by atoms with van der Waals surface area (Å²) in [6.07, 6.45) is 3.18. The first-order chi connectivity index (χ1) is 12.2. The lowest BCUT2D eigenvalue weighted by molar-refractivity contribution is -0.133. The SMILES string of the molecule is CN1CCCN(CC(=O)N2CCC[C@@H]2c2nc3ccccc3[nH]2)CC1. The molecule has 2 aliphatic rings. The number of hydrogen-bond donors (Lipinski definition) is 1. The van der Waals surface area contributed by atoms with Crippen LogP contribution in [-0.2, 0) is 4.79 Å². The van der Waals surface area contributed by atoms with Gasteiger partial charge in [0.2, 0.25) is 5.91 Å². The maximum atomic E-state index is 12.9. The van der Waals surface area contributed by atoms with Gasteiger partial charge in [-0.15, -0.1) is 0 Å². The molecule has 3 heterocycles. The van der Waals surface area contributed by atoms with Crippen LogP contribution in [0.1, 0.15) is 31.1 Å². The van der Waals surface area contributed by atoms with Crippen LogP contribution in [0, 0.1) is 0 Å².